The number of aliphatic hydroxyl groups excluding tert-OH is 2. The molecular weight excluding hydrogens is 763 g/mol. The van der Waals surface area contributed by atoms with Gasteiger partial charge in [-0.25, -0.2) is 47.0 Å². The van der Waals surface area contributed by atoms with E-state index in [4.69, 9.17) is 16.4 Å². The van der Waals surface area contributed by atoms with E-state index in [-0.39, 0.29) is 22.5 Å². The van der Waals surface area contributed by atoms with Gasteiger partial charge in [-0.1, -0.05) is 18.0 Å². The number of hydroxylamine groups is 2. The van der Waals surface area contributed by atoms with Crippen molar-refractivity contribution in [2.75, 3.05) is 5.32 Å². The summed E-state index contributed by atoms with van der Waals surface area (Å²) in [4.78, 5) is 33.2. The van der Waals surface area contributed by atoms with Gasteiger partial charge in [-0.05, 0) is 84.7 Å². The third-order valence-electron chi connectivity index (χ3n) is 7.00. The summed E-state index contributed by atoms with van der Waals surface area (Å²) in [5, 5.41) is 21.8. The van der Waals surface area contributed by atoms with Crippen molar-refractivity contribution < 1.29 is 55.8 Å². The third-order valence-corrected chi connectivity index (χ3v) is 7.98. The first-order valence-corrected chi connectivity index (χ1v) is 15.0. The van der Waals surface area contributed by atoms with E-state index in [1.54, 1.807) is 17.6 Å². The zero-order valence-electron chi connectivity index (χ0n) is 23.4. The first kappa shape index (κ1) is 35.7. The highest BCUT2D eigenvalue weighted by molar-refractivity contribution is 14.1. The van der Waals surface area contributed by atoms with Gasteiger partial charge < -0.3 is 15.5 Å². The Hall–Kier alpha value is -3.16. The minimum absolute atomic E-state index is 0.0555. The Morgan fingerprint density at radius 3 is 1.87 bits per heavy atom. The maximum Gasteiger partial charge on any atom is 0.278 e. The molecule has 5 rings (SSSR count). The predicted molar refractivity (Wildman–Crippen MR) is 159 cm³/mol. The number of hydrogen-bond donors (Lipinski definition) is 5. The van der Waals surface area contributed by atoms with Gasteiger partial charge in [-0.15, -0.1) is 0 Å². The Morgan fingerprint density at radius 1 is 0.761 bits per heavy atom. The Labute approximate surface area is 276 Å². The van der Waals surface area contributed by atoms with Crippen LogP contribution in [0.3, 0.4) is 0 Å². The highest BCUT2D eigenvalue weighted by Crippen LogP contribution is 2.34. The molecule has 0 radical (unpaired) electrons. The SMILES string of the molecule is O=C(NOC(O)C1CC1)c1ccc(F)c(F)c1F.O=C(NOC(O)C1CCC1)c1cc(F)c(F)c(F)c1Nc1ccc(I)cc1Cl. The number of carbonyl (C=O) groups is 2. The number of amides is 2. The Bertz CT molecular complexity index is 1610. The number of anilines is 2. The van der Waals surface area contributed by atoms with Crippen molar-refractivity contribution in [1.82, 2.24) is 11.0 Å². The number of hydrogen-bond acceptors (Lipinski definition) is 7. The molecule has 2 fully saturated rings. The van der Waals surface area contributed by atoms with Crippen LogP contribution in [0.5, 0.6) is 0 Å². The quantitative estimate of drug-likeness (QED) is 0.0531. The molecule has 2 aliphatic rings. The lowest BCUT2D eigenvalue weighted by Crippen LogP contribution is -2.36. The minimum Gasteiger partial charge on any atom is -0.366 e. The van der Waals surface area contributed by atoms with Crippen LogP contribution in [0.1, 0.15) is 52.8 Å². The molecule has 2 unspecified atom stereocenters. The highest BCUT2D eigenvalue weighted by Gasteiger charge is 2.32. The summed E-state index contributed by atoms with van der Waals surface area (Å²) in [5.74, 6) is -11.9. The lowest BCUT2D eigenvalue weighted by atomic mass is 9.85. The van der Waals surface area contributed by atoms with Crippen LogP contribution in [-0.4, -0.2) is 34.6 Å². The fourth-order valence-corrected chi connectivity index (χ4v) is 4.86. The topological polar surface area (TPSA) is 129 Å². The molecule has 0 aromatic heterocycles. The molecule has 0 heterocycles. The van der Waals surface area contributed by atoms with Crippen LogP contribution in [0.15, 0.2) is 36.4 Å². The molecule has 3 aromatic carbocycles. The molecule has 0 aliphatic heterocycles. The summed E-state index contributed by atoms with van der Waals surface area (Å²) in [5.41, 5.74) is 2.08. The first-order chi connectivity index (χ1) is 21.8. The Kier molecular flexibility index (Phi) is 12.1. The maximum absolute atomic E-state index is 14.4. The van der Waals surface area contributed by atoms with Crippen LogP contribution >= 0.6 is 34.2 Å². The molecule has 3 aromatic rings. The lowest BCUT2D eigenvalue weighted by molar-refractivity contribution is -0.178. The Morgan fingerprint density at radius 2 is 1.33 bits per heavy atom. The molecule has 2 saturated carbocycles. The second-order valence-electron chi connectivity index (χ2n) is 10.3. The minimum atomic E-state index is -1.74. The van der Waals surface area contributed by atoms with E-state index in [1.807, 2.05) is 28.1 Å². The van der Waals surface area contributed by atoms with Crippen LogP contribution in [-0.2, 0) is 9.68 Å². The monoisotopic (exact) mass is 787 g/mol. The lowest BCUT2D eigenvalue weighted by Gasteiger charge is -2.29. The zero-order valence-corrected chi connectivity index (χ0v) is 26.3. The molecular formula is C29H25ClF6IN3O6. The normalized spacial score (nSPS) is 15.6. The largest absolute Gasteiger partial charge is 0.366 e. The van der Waals surface area contributed by atoms with E-state index in [0.29, 0.717) is 12.1 Å². The Balaban J connectivity index is 0.000000230. The average Bonchev–Trinajstić information content (AvgIpc) is 3.84. The van der Waals surface area contributed by atoms with Crippen LogP contribution in [0.4, 0.5) is 37.7 Å². The summed E-state index contributed by atoms with van der Waals surface area (Å²) in [7, 11) is 0. The molecule has 46 heavy (non-hydrogen) atoms. The van der Waals surface area contributed by atoms with Gasteiger partial charge in [0.05, 0.1) is 27.5 Å². The van der Waals surface area contributed by atoms with Crippen molar-refractivity contribution >= 4 is 57.4 Å². The second-order valence-corrected chi connectivity index (χ2v) is 11.9. The molecule has 0 saturated heterocycles. The van der Waals surface area contributed by atoms with E-state index in [1.165, 1.54) is 6.07 Å². The van der Waals surface area contributed by atoms with Crippen molar-refractivity contribution in [3.63, 3.8) is 0 Å². The standard InChI is InChI=1S/C18H15ClF3IN2O3.C11H10F3NO3/c19-11-6-9(23)4-5-13(11)24-16-10(7-12(20)14(21)15(16)22)17(26)25-28-18(27)8-2-1-3-8;12-7-4-3-6(8(13)9(7)14)10(16)15-18-11(17)5-1-2-5/h4-8,18,24,27H,1-3H2,(H,25,26);3-5,11,17H,1-2H2,(H,15,16). The van der Waals surface area contributed by atoms with Crippen molar-refractivity contribution in [3.05, 3.63) is 91.0 Å². The van der Waals surface area contributed by atoms with E-state index < -0.39 is 76.1 Å². The van der Waals surface area contributed by atoms with Crippen molar-refractivity contribution in [1.29, 1.82) is 0 Å². The summed E-state index contributed by atoms with van der Waals surface area (Å²) >= 11 is 8.10. The molecule has 2 amide bonds. The second kappa shape index (κ2) is 15.6. The van der Waals surface area contributed by atoms with Crippen molar-refractivity contribution in [2.45, 2.75) is 44.7 Å². The highest BCUT2D eigenvalue weighted by atomic mass is 127. The molecule has 5 N–H and O–H groups in total. The smallest absolute Gasteiger partial charge is 0.278 e. The van der Waals surface area contributed by atoms with Gasteiger partial charge in [0.25, 0.3) is 11.8 Å². The number of benzene rings is 3. The third kappa shape index (κ3) is 8.80. The van der Waals surface area contributed by atoms with E-state index in [9.17, 15) is 46.1 Å². The number of aliphatic hydroxyl groups is 2. The molecule has 2 atom stereocenters. The number of nitrogens with one attached hydrogen (secondary N) is 3. The van der Waals surface area contributed by atoms with Gasteiger partial charge in [-0.2, -0.15) is 0 Å². The van der Waals surface area contributed by atoms with Gasteiger partial charge in [-0.3, -0.25) is 9.59 Å². The van der Waals surface area contributed by atoms with Crippen LogP contribution in [0.25, 0.3) is 0 Å². The molecule has 9 nitrogen and oxygen atoms in total. The summed E-state index contributed by atoms with van der Waals surface area (Å²) < 4.78 is 81.3. The van der Waals surface area contributed by atoms with Crippen molar-refractivity contribution in [2.24, 2.45) is 11.8 Å². The van der Waals surface area contributed by atoms with Gasteiger partial charge in [0.15, 0.2) is 47.5 Å². The zero-order chi connectivity index (χ0) is 33.7. The summed E-state index contributed by atoms with van der Waals surface area (Å²) in [6.07, 6.45) is 1.56. The molecule has 0 spiro atoms. The summed E-state index contributed by atoms with van der Waals surface area (Å²) in [6, 6.07) is 6.68. The fourth-order valence-electron chi connectivity index (χ4n) is 3.96. The van der Waals surface area contributed by atoms with Gasteiger partial charge in [0.1, 0.15) is 0 Å². The van der Waals surface area contributed by atoms with E-state index >= 15 is 0 Å². The number of halogens is 8. The molecule has 248 valence electrons. The maximum atomic E-state index is 14.4. The van der Waals surface area contributed by atoms with Crippen molar-refractivity contribution in [3.8, 4) is 0 Å². The van der Waals surface area contributed by atoms with Gasteiger partial charge in [0, 0.05) is 15.4 Å². The first-order valence-electron chi connectivity index (χ1n) is 13.6. The van der Waals surface area contributed by atoms with E-state index in [2.05, 4.69) is 10.2 Å². The molecule has 2 aliphatic carbocycles. The molecule has 0 bridgehead atoms. The van der Waals surface area contributed by atoms with Crippen LogP contribution in [0, 0.1) is 50.3 Å². The summed E-state index contributed by atoms with van der Waals surface area (Å²) in [6.45, 7) is 0. The molecule has 17 heteroatoms. The van der Waals surface area contributed by atoms with Gasteiger partial charge >= 0.3 is 0 Å². The predicted octanol–water partition coefficient (Wildman–Crippen LogP) is 6.38. The van der Waals surface area contributed by atoms with Gasteiger partial charge in [0.2, 0.25) is 0 Å². The number of rotatable bonds is 10. The van der Waals surface area contributed by atoms with Crippen LogP contribution in [0.2, 0.25) is 5.02 Å². The average molecular weight is 788 g/mol. The fraction of sp³-hybridized carbons (Fsp3) is 0.310. The number of carbonyl (C=O) groups excluding carboxylic acids is 2. The van der Waals surface area contributed by atoms with E-state index in [0.717, 1.165) is 41.7 Å². The van der Waals surface area contributed by atoms with Crippen LogP contribution < -0.4 is 16.3 Å².